The lowest BCUT2D eigenvalue weighted by Crippen LogP contribution is -2.36. The van der Waals surface area contributed by atoms with E-state index in [2.05, 4.69) is 25.8 Å². The molecule has 0 aliphatic rings. The van der Waals surface area contributed by atoms with Crippen molar-refractivity contribution in [1.29, 1.82) is 0 Å². The lowest BCUT2D eigenvalue weighted by atomic mass is 10.1. The highest BCUT2D eigenvalue weighted by atomic mass is 16.5. The SMILES string of the molecule is CCOC(=O)C(C)CN(C)C(CC)CC. The molecule has 0 aliphatic heterocycles. The summed E-state index contributed by atoms with van der Waals surface area (Å²) in [6.45, 7) is 9.38. The van der Waals surface area contributed by atoms with E-state index < -0.39 is 0 Å². The second-order valence-electron chi connectivity index (χ2n) is 4.06. The van der Waals surface area contributed by atoms with Crippen molar-refractivity contribution < 1.29 is 9.53 Å². The van der Waals surface area contributed by atoms with Crippen LogP contribution < -0.4 is 0 Å². The topological polar surface area (TPSA) is 29.5 Å². The standard InChI is InChI=1S/C12H25NO2/c1-6-11(7-2)13(5)9-10(4)12(14)15-8-3/h10-11H,6-9H2,1-5H3. The molecule has 0 aliphatic carbocycles. The summed E-state index contributed by atoms with van der Waals surface area (Å²) < 4.78 is 4.99. The number of nitrogens with zero attached hydrogens (tertiary/aromatic N) is 1. The van der Waals surface area contributed by atoms with Crippen LogP contribution in [0.4, 0.5) is 0 Å². The molecule has 0 amide bonds. The Morgan fingerprint density at radius 3 is 2.20 bits per heavy atom. The zero-order valence-corrected chi connectivity index (χ0v) is 10.7. The van der Waals surface area contributed by atoms with Gasteiger partial charge in [0.15, 0.2) is 0 Å². The highest BCUT2D eigenvalue weighted by molar-refractivity contribution is 5.72. The Hall–Kier alpha value is -0.570. The predicted molar refractivity (Wildman–Crippen MR) is 62.8 cm³/mol. The third kappa shape index (κ3) is 5.17. The summed E-state index contributed by atoms with van der Waals surface area (Å²) in [5.74, 6) is -0.120. The highest BCUT2D eigenvalue weighted by Gasteiger charge is 2.19. The maximum atomic E-state index is 11.4. The van der Waals surface area contributed by atoms with E-state index in [1.807, 2.05) is 13.8 Å². The molecule has 0 saturated carbocycles. The molecule has 0 spiro atoms. The quantitative estimate of drug-likeness (QED) is 0.610. The third-order valence-electron chi connectivity index (χ3n) is 2.82. The van der Waals surface area contributed by atoms with Gasteiger partial charge in [0.25, 0.3) is 0 Å². The van der Waals surface area contributed by atoms with E-state index in [1.165, 1.54) is 0 Å². The second-order valence-corrected chi connectivity index (χ2v) is 4.06. The van der Waals surface area contributed by atoms with Crippen molar-refractivity contribution in [3.8, 4) is 0 Å². The molecule has 3 heteroatoms. The maximum Gasteiger partial charge on any atom is 0.309 e. The van der Waals surface area contributed by atoms with Crippen LogP contribution in [-0.4, -0.2) is 37.1 Å². The zero-order valence-electron chi connectivity index (χ0n) is 10.7. The van der Waals surface area contributed by atoms with Gasteiger partial charge in [-0.2, -0.15) is 0 Å². The number of rotatable bonds is 7. The van der Waals surface area contributed by atoms with E-state index >= 15 is 0 Å². The molecule has 3 nitrogen and oxygen atoms in total. The van der Waals surface area contributed by atoms with Crippen molar-refractivity contribution in [1.82, 2.24) is 4.90 Å². The molecule has 0 aromatic heterocycles. The predicted octanol–water partition coefficient (Wildman–Crippen LogP) is 2.31. The summed E-state index contributed by atoms with van der Waals surface area (Å²) in [5.41, 5.74) is 0. The van der Waals surface area contributed by atoms with Gasteiger partial charge in [0, 0.05) is 12.6 Å². The number of carbonyl (C=O) groups is 1. The average Bonchev–Trinajstić information content (AvgIpc) is 2.19. The van der Waals surface area contributed by atoms with Gasteiger partial charge in [0.05, 0.1) is 12.5 Å². The molecule has 1 unspecified atom stereocenters. The Bertz CT molecular complexity index is 178. The maximum absolute atomic E-state index is 11.4. The van der Waals surface area contributed by atoms with Crippen LogP contribution in [0, 0.1) is 5.92 Å². The van der Waals surface area contributed by atoms with Gasteiger partial charge < -0.3 is 9.64 Å². The van der Waals surface area contributed by atoms with Crippen LogP contribution in [0.3, 0.4) is 0 Å². The smallest absolute Gasteiger partial charge is 0.309 e. The number of hydrogen-bond donors (Lipinski definition) is 0. The van der Waals surface area contributed by atoms with Gasteiger partial charge in [-0.25, -0.2) is 0 Å². The highest BCUT2D eigenvalue weighted by Crippen LogP contribution is 2.09. The van der Waals surface area contributed by atoms with Crippen LogP contribution in [0.2, 0.25) is 0 Å². The number of carbonyl (C=O) groups excluding carboxylic acids is 1. The Balaban J connectivity index is 4.04. The van der Waals surface area contributed by atoms with E-state index in [1.54, 1.807) is 0 Å². The minimum Gasteiger partial charge on any atom is -0.466 e. The summed E-state index contributed by atoms with van der Waals surface area (Å²) >= 11 is 0. The average molecular weight is 215 g/mol. The normalized spacial score (nSPS) is 13.3. The van der Waals surface area contributed by atoms with E-state index in [0.29, 0.717) is 12.6 Å². The van der Waals surface area contributed by atoms with Crippen LogP contribution in [0.25, 0.3) is 0 Å². The molecule has 0 bridgehead atoms. The monoisotopic (exact) mass is 215 g/mol. The van der Waals surface area contributed by atoms with E-state index in [9.17, 15) is 4.79 Å². The Morgan fingerprint density at radius 1 is 1.27 bits per heavy atom. The lowest BCUT2D eigenvalue weighted by molar-refractivity contribution is -0.148. The van der Waals surface area contributed by atoms with E-state index in [0.717, 1.165) is 19.4 Å². The fraction of sp³-hybridized carbons (Fsp3) is 0.917. The summed E-state index contributed by atoms with van der Waals surface area (Å²) in [6, 6.07) is 0.571. The fourth-order valence-electron chi connectivity index (χ4n) is 1.85. The Kier molecular flexibility index (Phi) is 7.39. The molecule has 0 heterocycles. The molecule has 0 fully saturated rings. The summed E-state index contributed by atoms with van der Waals surface area (Å²) in [6.07, 6.45) is 2.26. The van der Waals surface area contributed by atoms with Gasteiger partial charge >= 0.3 is 5.97 Å². The first kappa shape index (κ1) is 14.4. The molecule has 15 heavy (non-hydrogen) atoms. The molecule has 0 radical (unpaired) electrons. The molecule has 90 valence electrons. The Morgan fingerprint density at radius 2 is 1.80 bits per heavy atom. The zero-order chi connectivity index (χ0) is 11.8. The summed E-state index contributed by atoms with van der Waals surface area (Å²) in [7, 11) is 2.08. The second kappa shape index (κ2) is 7.69. The number of hydrogen-bond acceptors (Lipinski definition) is 3. The van der Waals surface area contributed by atoms with Crippen molar-refractivity contribution in [3.05, 3.63) is 0 Å². The van der Waals surface area contributed by atoms with Gasteiger partial charge in [0.1, 0.15) is 0 Å². The van der Waals surface area contributed by atoms with Crippen molar-refractivity contribution in [2.75, 3.05) is 20.2 Å². The molecule has 0 aromatic carbocycles. The third-order valence-corrected chi connectivity index (χ3v) is 2.82. The molecule has 0 N–H and O–H groups in total. The summed E-state index contributed by atoms with van der Waals surface area (Å²) in [4.78, 5) is 13.7. The van der Waals surface area contributed by atoms with Gasteiger partial charge in [-0.15, -0.1) is 0 Å². The molecule has 1 atom stereocenters. The van der Waals surface area contributed by atoms with Gasteiger partial charge in [0.2, 0.25) is 0 Å². The largest absolute Gasteiger partial charge is 0.466 e. The van der Waals surface area contributed by atoms with Crippen LogP contribution in [0.15, 0.2) is 0 Å². The van der Waals surface area contributed by atoms with Crippen LogP contribution >= 0.6 is 0 Å². The van der Waals surface area contributed by atoms with E-state index in [-0.39, 0.29) is 11.9 Å². The van der Waals surface area contributed by atoms with Gasteiger partial charge in [-0.3, -0.25) is 4.79 Å². The number of ether oxygens (including phenoxy) is 1. The van der Waals surface area contributed by atoms with Crippen molar-refractivity contribution in [3.63, 3.8) is 0 Å². The summed E-state index contributed by atoms with van der Waals surface area (Å²) in [5, 5.41) is 0. The van der Waals surface area contributed by atoms with E-state index in [4.69, 9.17) is 4.74 Å². The Labute approximate surface area is 93.8 Å². The van der Waals surface area contributed by atoms with Crippen molar-refractivity contribution in [2.45, 2.75) is 46.6 Å². The first-order valence-corrected chi connectivity index (χ1v) is 5.93. The lowest BCUT2D eigenvalue weighted by Gasteiger charge is -2.27. The van der Waals surface area contributed by atoms with Crippen LogP contribution in [0.1, 0.15) is 40.5 Å². The fourth-order valence-corrected chi connectivity index (χ4v) is 1.85. The molecule has 0 aromatic rings. The molecule has 0 saturated heterocycles. The van der Waals surface area contributed by atoms with Crippen molar-refractivity contribution in [2.24, 2.45) is 5.92 Å². The first-order valence-electron chi connectivity index (χ1n) is 5.93. The van der Waals surface area contributed by atoms with Gasteiger partial charge in [-0.1, -0.05) is 20.8 Å². The minimum atomic E-state index is -0.0877. The number of esters is 1. The molecule has 0 rings (SSSR count). The van der Waals surface area contributed by atoms with Crippen LogP contribution in [-0.2, 0) is 9.53 Å². The first-order chi connectivity index (χ1) is 7.06. The van der Waals surface area contributed by atoms with Crippen LogP contribution in [0.5, 0.6) is 0 Å². The molecular formula is C12H25NO2. The molecular weight excluding hydrogens is 190 g/mol. The van der Waals surface area contributed by atoms with Gasteiger partial charge in [-0.05, 0) is 26.8 Å². The minimum absolute atomic E-state index is 0.0319. The van der Waals surface area contributed by atoms with Crippen molar-refractivity contribution >= 4 is 5.97 Å².